The van der Waals surface area contributed by atoms with Gasteiger partial charge in [-0.2, -0.15) is 0 Å². The van der Waals surface area contributed by atoms with Gasteiger partial charge in [0.15, 0.2) is 0 Å². The average Bonchev–Trinajstić information content (AvgIpc) is 2.47. The second kappa shape index (κ2) is 15.8. The lowest BCUT2D eigenvalue weighted by Gasteiger charge is -2.18. The molecule has 0 fully saturated rings. The van der Waals surface area contributed by atoms with Gasteiger partial charge in [0.05, 0.1) is 25.9 Å². The quantitative estimate of drug-likeness (QED) is 0.337. The number of ether oxygens (including phenoxy) is 3. The molecule has 0 spiro atoms. The fraction of sp³-hybridized carbons (Fsp3) is 0.941. The number of unbranched alkanes of at least 4 members (excludes halogenated alkanes) is 3. The molecule has 0 saturated heterocycles. The monoisotopic (exact) mass is 302 g/mol. The molecule has 4 heteroatoms. The van der Waals surface area contributed by atoms with Crippen LogP contribution in [0.4, 0.5) is 0 Å². The highest BCUT2D eigenvalue weighted by molar-refractivity contribution is 5.69. The molecule has 0 aromatic rings. The third-order valence-electron chi connectivity index (χ3n) is 3.38. The standard InChI is InChI=1S/C17H34O4/c1-4-7-8-9-11-16(21-15-14-19-5-2)12-10-13-17(18)20-6-3/h16H,4-15H2,1-3H3. The molecular weight excluding hydrogens is 268 g/mol. The van der Waals surface area contributed by atoms with Crippen LogP contribution in [0.15, 0.2) is 0 Å². The summed E-state index contributed by atoms with van der Waals surface area (Å²) >= 11 is 0. The fourth-order valence-corrected chi connectivity index (χ4v) is 2.24. The van der Waals surface area contributed by atoms with Crippen LogP contribution in [0.25, 0.3) is 0 Å². The van der Waals surface area contributed by atoms with Crippen molar-refractivity contribution in [3.63, 3.8) is 0 Å². The van der Waals surface area contributed by atoms with E-state index in [0.29, 0.717) is 26.2 Å². The molecule has 0 amide bonds. The maximum atomic E-state index is 11.3. The smallest absolute Gasteiger partial charge is 0.305 e. The zero-order valence-electron chi connectivity index (χ0n) is 14.2. The number of carbonyl (C=O) groups is 1. The Morgan fingerprint density at radius 3 is 2.33 bits per heavy atom. The number of hydrogen-bond donors (Lipinski definition) is 0. The van der Waals surface area contributed by atoms with Crippen molar-refractivity contribution in [2.75, 3.05) is 26.4 Å². The summed E-state index contributed by atoms with van der Waals surface area (Å²) in [5.41, 5.74) is 0. The van der Waals surface area contributed by atoms with E-state index >= 15 is 0 Å². The van der Waals surface area contributed by atoms with Crippen LogP contribution in [-0.2, 0) is 19.0 Å². The average molecular weight is 302 g/mol. The first-order chi connectivity index (χ1) is 10.2. The summed E-state index contributed by atoms with van der Waals surface area (Å²) in [6.45, 7) is 8.53. The molecule has 126 valence electrons. The third-order valence-corrected chi connectivity index (χ3v) is 3.38. The largest absolute Gasteiger partial charge is 0.466 e. The Morgan fingerprint density at radius 1 is 0.905 bits per heavy atom. The van der Waals surface area contributed by atoms with Gasteiger partial charge in [-0.05, 0) is 33.1 Å². The van der Waals surface area contributed by atoms with Crippen LogP contribution < -0.4 is 0 Å². The Bertz CT molecular complexity index is 219. The van der Waals surface area contributed by atoms with Crippen molar-refractivity contribution in [1.29, 1.82) is 0 Å². The highest BCUT2D eigenvalue weighted by Crippen LogP contribution is 2.14. The van der Waals surface area contributed by atoms with Crippen molar-refractivity contribution in [3.8, 4) is 0 Å². The van der Waals surface area contributed by atoms with E-state index in [0.717, 1.165) is 25.9 Å². The number of rotatable bonds is 15. The van der Waals surface area contributed by atoms with Crippen molar-refractivity contribution in [2.45, 2.75) is 78.2 Å². The molecule has 4 nitrogen and oxygen atoms in total. The number of esters is 1. The lowest BCUT2D eigenvalue weighted by molar-refractivity contribution is -0.143. The minimum absolute atomic E-state index is 0.100. The van der Waals surface area contributed by atoms with Crippen LogP contribution in [0.2, 0.25) is 0 Å². The fourth-order valence-electron chi connectivity index (χ4n) is 2.24. The molecule has 0 bridgehead atoms. The van der Waals surface area contributed by atoms with Crippen LogP contribution in [0.3, 0.4) is 0 Å². The first kappa shape index (κ1) is 20.4. The van der Waals surface area contributed by atoms with E-state index in [-0.39, 0.29) is 12.1 Å². The summed E-state index contributed by atoms with van der Waals surface area (Å²) in [5.74, 6) is -0.100. The molecule has 1 unspecified atom stereocenters. The first-order valence-electron chi connectivity index (χ1n) is 8.59. The number of carbonyl (C=O) groups excluding carboxylic acids is 1. The minimum Gasteiger partial charge on any atom is -0.466 e. The Hall–Kier alpha value is -0.610. The summed E-state index contributed by atoms with van der Waals surface area (Å²) in [7, 11) is 0. The maximum absolute atomic E-state index is 11.3. The van der Waals surface area contributed by atoms with Gasteiger partial charge in [0.25, 0.3) is 0 Å². The SMILES string of the molecule is CCCCCCC(CCCC(=O)OCC)OCCOCC. The van der Waals surface area contributed by atoms with Crippen LogP contribution in [0.1, 0.15) is 72.1 Å². The molecule has 0 aliphatic carbocycles. The highest BCUT2D eigenvalue weighted by Gasteiger charge is 2.11. The maximum Gasteiger partial charge on any atom is 0.305 e. The van der Waals surface area contributed by atoms with Gasteiger partial charge in [-0.15, -0.1) is 0 Å². The molecule has 0 radical (unpaired) electrons. The Labute approximate surface area is 130 Å². The zero-order chi connectivity index (χ0) is 15.8. The second-order valence-electron chi connectivity index (χ2n) is 5.24. The number of hydrogen-bond acceptors (Lipinski definition) is 4. The van der Waals surface area contributed by atoms with Crippen LogP contribution in [0, 0.1) is 0 Å². The van der Waals surface area contributed by atoms with Gasteiger partial charge in [-0.1, -0.05) is 32.6 Å². The third kappa shape index (κ3) is 14.1. The topological polar surface area (TPSA) is 44.8 Å². The van der Waals surface area contributed by atoms with E-state index in [1.807, 2.05) is 13.8 Å². The molecule has 1 atom stereocenters. The summed E-state index contributed by atoms with van der Waals surface area (Å²) < 4.78 is 16.1. The van der Waals surface area contributed by atoms with E-state index in [1.54, 1.807) is 0 Å². The van der Waals surface area contributed by atoms with Crippen molar-refractivity contribution in [2.24, 2.45) is 0 Å². The lowest BCUT2D eigenvalue weighted by Crippen LogP contribution is -2.17. The molecule has 0 aromatic heterocycles. The molecule has 0 aromatic carbocycles. The molecule has 21 heavy (non-hydrogen) atoms. The van der Waals surface area contributed by atoms with Gasteiger partial charge in [0, 0.05) is 13.0 Å². The van der Waals surface area contributed by atoms with Gasteiger partial charge in [-0.3, -0.25) is 4.79 Å². The van der Waals surface area contributed by atoms with Gasteiger partial charge < -0.3 is 14.2 Å². The van der Waals surface area contributed by atoms with E-state index in [9.17, 15) is 4.79 Å². The van der Waals surface area contributed by atoms with E-state index in [1.165, 1.54) is 25.7 Å². The predicted octanol–water partition coefficient (Wildman–Crippen LogP) is 4.11. The van der Waals surface area contributed by atoms with Crippen LogP contribution in [-0.4, -0.2) is 38.5 Å². The molecule has 0 aliphatic heterocycles. The van der Waals surface area contributed by atoms with Crippen LogP contribution in [0.5, 0.6) is 0 Å². The Morgan fingerprint density at radius 2 is 1.67 bits per heavy atom. The van der Waals surface area contributed by atoms with E-state index < -0.39 is 0 Å². The zero-order valence-corrected chi connectivity index (χ0v) is 14.2. The molecular formula is C17H34O4. The van der Waals surface area contributed by atoms with Crippen molar-refractivity contribution in [1.82, 2.24) is 0 Å². The summed E-state index contributed by atoms with van der Waals surface area (Å²) in [5, 5.41) is 0. The first-order valence-corrected chi connectivity index (χ1v) is 8.59. The Balaban J connectivity index is 3.84. The molecule has 0 N–H and O–H groups in total. The van der Waals surface area contributed by atoms with E-state index in [2.05, 4.69) is 6.92 Å². The lowest BCUT2D eigenvalue weighted by atomic mass is 10.0. The van der Waals surface area contributed by atoms with Gasteiger partial charge in [-0.25, -0.2) is 0 Å². The summed E-state index contributed by atoms with van der Waals surface area (Å²) in [4.78, 5) is 11.3. The van der Waals surface area contributed by atoms with Gasteiger partial charge in [0.2, 0.25) is 0 Å². The van der Waals surface area contributed by atoms with Crippen molar-refractivity contribution >= 4 is 5.97 Å². The van der Waals surface area contributed by atoms with Crippen LogP contribution >= 0.6 is 0 Å². The molecule has 0 heterocycles. The summed E-state index contributed by atoms with van der Waals surface area (Å²) in [6, 6.07) is 0. The minimum atomic E-state index is -0.100. The van der Waals surface area contributed by atoms with Gasteiger partial charge >= 0.3 is 5.97 Å². The highest BCUT2D eigenvalue weighted by atomic mass is 16.5. The molecule has 0 saturated carbocycles. The van der Waals surface area contributed by atoms with E-state index in [4.69, 9.17) is 14.2 Å². The second-order valence-corrected chi connectivity index (χ2v) is 5.24. The Kier molecular flexibility index (Phi) is 15.3. The molecule has 0 rings (SSSR count). The van der Waals surface area contributed by atoms with Crippen molar-refractivity contribution in [3.05, 3.63) is 0 Å². The molecule has 0 aliphatic rings. The predicted molar refractivity (Wildman–Crippen MR) is 85.5 cm³/mol. The summed E-state index contributed by atoms with van der Waals surface area (Å²) in [6.07, 6.45) is 8.59. The van der Waals surface area contributed by atoms with Gasteiger partial charge in [0.1, 0.15) is 0 Å². The van der Waals surface area contributed by atoms with Crippen molar-refractivity contribution < 1.29 is 19.0 Å². The normalized spacial score (nSPS) is 12.3.